The normalized spacial score (nSPS) is 10.9. The molecule has 3 aromatic carbocycles. The second-order valence-electron chi connectivity index (χ2n) is 6.83. The number of hydrogen-bond acceptors (Lipinski definition) is 6. The first-order chi connectivity index (χ1) is 14.5. The standard InChI is InChI=1S/C22H19N3O5/c1-13-7-8-16(18(9-13)25(27)28)24-22(26)12-23-17-11-20-15(10-21(17)29-2)14-5-3-4-6-19(14)30-20/h3-11,23H,12H2,1-2H3,(H,24,26). The van der Waals surface area contributed by atoms with E-state index in [-0.39, 0.29) is 17.9 Å². The number of amides is 1. The average molecular weight is 405 g/mol. The highest BCUT2D eigenvalue weighted by atomic mass is 16.6. The van der Waals surface area contributed by atoms with Crippen molar-refractivity contribution < 1.29 is 18.9 Å². The summed E-state index contributed by atoms with van der Waals surface area (Å²) in [6.07, 6.45) is 0. The first-order valence-electron chi connectivity index (χ1n) is 9.24. The van der Waals surface area contributed by atoms with Crippen molar-refractivity contribution in [2.45, 2.75) is 6.92 Å². The molecule has 0 radical (unpaired) electrons. The van der Waals surface area contributed by atoms with Gasteiger partial charge in [0.15, 0.2) is 0 Å². The Hall–Kier alpha value is -4.07. The minimum atomic E-state index is -0.519. The van der Waals surface area contributed by atoms with E-state index in [9.17, 15) is 14.9 Å². The summed E-state index contributed by atoms with van der Waals surface area (Å²) >= 11 is 0. The molecule has 0 saturated carbocycles. The summed E-state index contributed by atoms with van der Waals surface area (Å²) in [7, 11) is 1.55. The number of aryl methyl sites for hydroxylation is 1. The molecule has 0 aliphatic rings. The van der Waals surface area contributed by atoms with Gasteiger partial charge in [0.25, 0.3) is 5.69 Å². The molecule has 4 aromatic rings. The van der Waals surface area contributed by atoms with Gasteiger partial charge < -0.3 is 19.8 Å². The lowest BCUT2D eigenvalue weighted by Crippen LogP contribution is -2.22. The summed E-state index contributed by atoms with van der Waals surface area (Å²) in [5, 5.41) is 18.7. The van der Waals surface area contributed by atoms with Gasteiger partial charge in [0, 0.05) is 22.9 Å². The fourth-order valence-corrected chi connectivity index (χ4v) is 3.33. The molecule has 0 spiro atoms. The van der Waals surface area contributed by atoms with E-state index in [1.54, 1.807) is 26.2 Å². The van der Waals surface area contributed by atoms with Crippen LogP contribution in [0.2, 0.25) is 0 Å². The van der Waals surface area contributed by atoms with E-state index in [2.05, 4.69) is 10.6 Å². The molecule has 1 aromatic heterocycles. The third-order valence-corrected chi connectivity index (χ3v) is 4.76. The summed E-state index contributed by atoms with van der Waals surface area (Å²) in [5.74, 6) is 0.136. The van der Waals surface area contributed by atoms with Crippen LogP contribution >= 0.6 is 0 Å². The molecule has 2 N–H and O–H groups in total. The minimum absolute atomic E-state index is 0.104. The third-order valence-electron chi connectivity index (χ3n) is 4.76. The monoisotopic (exact) mass is 405 g/mol. The van der Waals surface area contributed by atoms with Crippen LogP contribution in [0.25, 0.3) is 21.9 Å². The van der Waals surface area contributed by atoms with Gasteiger partial charge in [-0.2, -0.15) is 0 Å². The van der Waals surface area contributed by atoms with Crippen molar-refractivity contribution in [2.24, 2.45) is 0 Å². The van der Waals surface area contributed by atoms with Crippen molar-refractivity contribution in [3.8, 4) is 5.75 Å². The molecule has 0 bridgehead atoms. The lowest BCUT2D eigenvalue weighted by molar-refractivity contribution is -0.384. The van der Waals surface area contributed by atoms with Gasteiger partial charge in [0.2, 0.25) is 5.91 Å². The number of nitro benzene ring substituents is 1. The topological polar surface area (TPSA) is 107 Å². The van der Waals surface area contributed by atoms with Crippen molar-refractivity contribution in [1.82, 2.24) is 0 Å². The van der Waals surface area contributed by atoms with Crippen LogP contribution in [0, 0.1) is 17.0 Å². The van der Waals surface area contributed by atoms with Crippen molar-refractivity contribution >= 4 is 44.9 Å². The second kappa shape index (κ2) is 7.75. The predicted molar refractivity (Wildman–Crippen MR) is 115 cm³/mol. The number of para-hydroxylation sites is 1. The Morgan fingerprint density at radius 3 is 2.63 bits per heavy atom. The zero-order chi connectivity index (χ0) is 21.3. The molecule has 8 heteroatoms. The molecule has 152 valence electrons. The predicted octanol–water partition coefficient (Wildman–Crippen LogP) is 4.86. The van der Waals surface area contributed by atoms with Crippen molar-refractivity contribution in [3.05, 3.63) is 70.3 Å². The summed E-state index contributed by atoms with van der Waals surface area (Å²) in [4.78, 5) is 23.1. The fourth-order valence-electron chi connectivity index (χ4n) is 3.33. The largest absolute Gasteiger partial charge is 0.495 e. The molecule has 4 rings (SSSR count). The summed E-state index contributed by atoms with van der Waals surface area (Å²) < 4.78 is 11.3. The number of furan rings is 1. The first kappa shape index (κ1) is 19.3. The Kier molecular flexibility index (Phi) is 4.97. The number of hydrogen-bond donors (Lipinski definition) is 2. The average Bonchev–Trinajstić information content (AvgIpc) is 3.10. The van der Waals surface area contributed by atoms with Crippen LogP contribution < -0.4 is 15.4 Å². The van der Waals surface area contributed by atoms with E-state index in [4.69, 9.17) is 9.15 Å². The number of carbonyl (C=O) groups is 1. The number of anilines is 2. The van der Waals surface area contributed by atoms with Gasteiger partial charge in [0.05, 0.1) is 24.3 Å². The SMILES string of the molecule is COc1cc2c(cc1NCC(=O)Nc1ccc(C)cc1[N+](=O)[O-])oc1ccccc12. The van der Waals surface area contributed by atoms with Crippen LogP contribution in [0.4, 0.5) is 17.1 Å². The molecule has 0 aliphatic heterocycles. The molecule has 8 nitrogen and oxygen atoms in total. The molecule has 30 heavy (non-hydrogen) atoms. The number of carbonyl (C=O) groups excluding carboxylic acids is 1. The Bertz CT molecular complexity index is 1280. The van der Waals surface area contributed by atoms with E-state index in [1.807, 2.05) is 30.3 Å². The van der Waals surface area contributed by atoms with E-state index in [0.29, 0.717) is 17.0 Å². The van der Waals surface area contributed by atoms with Crippen molar-refractivity contribution in [3.63, 3.8) is 0 Å². The van der Waals surface area contributed by atoms with Gasteiger partial charge in [-0.25, -0.2) is 0 Å². The number of methoxy groups -OCH3 is 1. The second-order valence-corrected chi connectivity index (χ2v) is 6.83. The molecule has 1 amide bonds. The molecule has 0 unspecified atom stereocenters. The highest BCUT2D eigenvalue weighted by molar-refractivity contribution is 6.07. The van der Waals surface area contributed by atoms with Crippen LogP contribution in [0.5, 0.6) is 5.75 Å². The quantitative estimate of drug-likeness (QED) is 0.350. The van der Waals surface area contributed by atoms with E-state index in [1.165, 1.54) is 12.1 Å². The maximum Gasteiger partial charge on any atom is 0.293 e. The number of nitro groups is 1. The fraction of sp³-hybridized carbons (Fsp3) is 0.136. The number of fused-ring (bicyclic) bond motifs is 3. The number of benzene rings is 3. The van der Waals surface area contributed by atoms with Crippen LogP contribution in [0.1, 0.15) is 5.56 Å². The van der Waals surface area contributed by atoms with Gasteiger partial charge in [-0.05, 0) is 30.7 Å². The number of nitrogens with zero attached hydrogens (tertiary/aromatic N) is 1. The lowest BCUT2D eigenvalue weighted by atomic mass is 10.1. The maximum atomic E-state index is 12.4. The van der Waals surface area contributed by atoms with Gasteiger partial charge >= 0.3 is 0 Å². The molecule has 0 saturated heterocycles. The van der Waals surface area contributed by atoms with Gasteiger partial charge in [0.1, 0.15) is 22.6 Å². The Balaban J connectivity index is 1.55. The molecular formula is C22H19N3O5. The lowest BCUT2D eigenvalue weighted by Gasteiger charge is -2.12. The highest BCUT2D eigenvalue weighted by Gasteiger charge is 2.17. The van der Waals surface area contributed by atoms with E-state index < -0.39 is 10.8 Å². The summed E-state index contributed by atoms with van der Waals surface area (Å²) in [6, 6.07) is 16.0. The molecule has 0 aliphatic carbocycles. The van der Waals surface area contributed by atoms with Gasteiger partial charge in [-0.1, -0.05) is 24.3 Å². The number of rotatable bonds is 6. The van der Waals surface area contributed by atoms with Crippen LogP contribution in [-0.2, 0) is 4.79 Å². The Morgan fingerprint density at radius 1 is 1.07 bits per heavy atom. The zero-order valence-electron chi connectivity index (χ0n) is 16.4. The first-order valence-corrected chi connectivity index (χ1v) is 9.24. The van der Waals surface area contributed by atoms with Crippen LogP contribution in [0.3, 0.4) is 0 Å². The third kappa shape index (κ3) is 3.62. The Morgan fingerprint density at radius 2 is 1.87 bits per heavy atom. The van der Waals surface area contributed by atoms with Crippen LogP contribution in [0.15, 0.2) is 59.0 Å². The minimum Gasteiger partial charge on any atom is -0.495 e. The molecular weight excluding hydrogens is 386 g/mol. The maximum absolute atomic E-state index is 12.4. The molecule has 0 fully saturated rings. The Labute approximate surface area is 171 Å². The summed E-state index contributed by atoms with van der Waals surface area (Å²) in [6.45, 7) is 1.65. The van der Waals surface area contributed by atoms with Crippen LogP contribution in [-0.4, -0.2) is 24.5 Å². The van der Waals surface area contributed by atoms with E-state index in [0.717, 1.165) is 21.9 Å². The van der Waals surface area contributed by atoms with E-state index >= 15 is 0 Å². The summed E-state index contributed by atoms with van der Waals surface area (Å²) in [5.41, 5.74) is 2.74. The number of nitrogens with one attached hydrogen (secondary N) is 2. The highest BCUT2D eigenvalue weighted by Crippen LogP contribution is 2.36. The number of ether oxygens (including phenoxy) is 1. The molecule has 1 heterocycles. The zero-order valence-corrected chi connectivity index (χ0v) is 16.4. The van der Waals surface area contributed by atoms with Crippen molar-refractivity contribution in [1.29, 1.82) is 0 Å². The van der Waals surface area contributed by atoms with Gasteiger partial charge in [-0.3, -0.25) is 14.9 Å². The van der Waals surface area contributed by atoms with Crippen molar-refractivity contribution in [2.75, 3.05) is 24.3 Å². The van der Waals surface area contributed by atoms with Gasteiger partial charge in [-0.15, -0.1) is 0 Å². The molecule has 0 atom stereocenters. The smallest absolute Gasteiger partial charge is 0.293 e.